The van der Waals surface area contributed by atoms with Crippen molar-refractivity contribution in [3.05, 3.63) is 70.8 Å². The molecule has 122 valence electrons. The molecule has 0 bridgehead atoms. The maximum atomic E-state index is 12.0. The van der Waals surface area contributed by atoms with E-state index in [1.54, 1.807) is 11.8 Å². The van der Waals surface area contributed by atoms with Gasteiger partial charge in [0.25, 0.3) is 0 Å². The lowest BCUT2D eigenvalue weighted by atomic mass is 10.0. The zero-order valence-corrected chi connectivity index (χ0v) is 15.0. The molecule has 2 aromatic rings. The third-order valence-electron chi connectivity index (χ3n) is 3.76. The molecule has 23 heavy (non-hydrogen) atoms. The molecule has 3 heteroatoms. The highest BCUT2D eigenvalue weighted by atomic mass is 32.2. The third-order valence-corrected chi connectivity index (χ3v) is 4.76. The standard InChI is InChI=1S/C20H25NOS/c1-15-9-16(2)11-18(10-15)13-23-14-20(22)21-12-17(3)19-7-5-4-6-8-19/h4-11,17H,12-14H2,1-3H3,(H,21,22). The summed E-state index contributed by atoms with van der Waals surface area (Å²) < 4.78 is 0. The van der Waals surface area contributed by atoms with E-state index in [2.05, 4.69) is 56.4 Å². The highest BCUT2D eigenvalue weighted by molar-refractivity contribution is 7.99. The van der Waals surface area contributed by atoms with E-state index in [-0.39, 0.29) is 5.91 Å². The number of hydrogen-bond donors (Lipinski definition) is 1. The quantitative estimate of drug-likeness (QED) is 0.813. The predicted octanol–water partition coefficient (Wildman–Crippen LogP) is 4.46. The van der Waals surface area contributed by atoms with Crippen LogP contribution < -0.4 is 5.32 Å². The van der Waals surface area contributed by atoms with Gasteiger partial charge >= 0.3 is 0 Å². The number of hydrogen-bond acceptors (Lipinski definition) is 2. The van der Waals surface area contributed by atoms with Crippen LogP contribution >= 0.6 is 11.8 Å². The molecule has 0 heterocycles. The Morgan fingerprint density at radius 3 is 2.39 bits per heavy atom. The molecule has 0 radical (unpaired) electrons. The summed E-state index contributed by atoms with van der Waals surface area (Å²) >= 11 is 1.67. The van der Waals surface area contributed by atoms with Gasteiger partial charge in [-0.15, -0.1) is 11.8 Å². The minimum atomic E-state index is 0.113. The second-order valence-corrected chi connectivity index (χ2v) is 7.09. The van der Waals surface area contributed by atoms with Crippen LogP contribution in [0.5, 0.6) is 0 Å². The molecule has 1 N–H and O–H groups in total. The van der Waals surface area contributed by atoms with Crippen molar-refractivity contribution in [1.29, 1.82) is 0 Å². The summed E-state index contributed by atoms with van der Waals surface area (Å²) in [6.07, 6.45) is 0. The molecule has 0 aliphatic rings. The van der Waals surface area contributed by atoms with Crippen molar-refractivity contribution < 1.29 is 4.79 Å². The number of benzene rings is 2. The Morgan fingerprint density at radius 2 is 1.74 bits per heavy atom. The van der Waals surface area contributed by atoms with Crippen LogP contribution in [0, 0.1) is 13.8 Å². The minimum Gasteiger partial charge on any atom is -0.355 e. The van der Waals surface area contributed by atoms with Crippen LogP contribution in [0.15, 0.2) is 48.5 Å². The molecule has 2 nitrogen and oxygen atoms in total. The van der Waals surface area contributed by atoms with E-state index in [0.29, 0.717) is 18.2 Å². The Morgan fingerprint density at radius 1 is 1.09 bits per heavy atom. The fourth-order valence-corrected chi connectivity index (χ4v) is 3.42. The van der Waals surface area contributed by atoms with Gasteiger partial charge in [-0.25, -0.2) is 0 Å². The SMILES string of the molecule is Cc1cc(C)cc(CSCC(=O)NCC(C)c2ccccc2)c1. The van der Waals surface area contributed by atoms with E-state index < -0.39 is 0 Å². The van der Waals surface area contributed by atoms with Crippen LogP contribution in [0.1, 0.15) is 35.1 Å². The lowest BCUT2D eigenvalue weighted by Gasteiger charge is -2.13. The fourth-order valence-electron chi connectivity index (χ4n) is 2.63. The summed E-state index contributed by atoms with van der Waals surface area (Å²) in [5.74, 6) is 1.84. The van der Waals surface area contributed by atoms with Crippen molar-refractivity contribution in [3.63, 3.8) is 0 Å². The Bertz CT molecular complexity index is 619. The van der Waals surface area contributed by atoms with E-state index in [1.165, 1.54) is 22.3 Å². The number of carbonyl (C=O) groups excluding carboxylic acids is 1. The van der Waals surface area contributed by atoms with Crippen LogP contribution in [0.2, 0.25) is 0 Å². The first-order chi connectivity index (χ1) is 11.0. The summed E-state index contributed by atoms with van der Waals surface area (Å²) in [5, 5.41) is 3.03. The number of aryl methyl sites for hydroxylation is 2. The molecule has 0 saturated heterocycles. The van der Waals surface area contributed by atoms with E-state index in [0.717, 1.165) is 5.75 Å². The zero-order chi connectivity index (χ0) is 16.7. The van der Waals surface area contributed by atoms with Gasteiger partial charge in [0.15, 0.2) is 0 Å². The van der Waals surface area contributed by atoms with Crippen molar-refractivity contribution in [1.82, 2.24) is 5.32 Å². The van der Waals surface area contributed by atoms with E-state index in [4.69, 9.17) is 0 Å². The molecule has 0 fully saturated rings. The van der Waals surface area contributed by atoms with E-state index in [9.17, 15) is 4.79 Å². The normalized spacial score (nSPS) is 12.0. The lowest BCUT2D eigenvalue weighted by molar-refractivity contribution is -0.118. The van der Waals surface area contributed by atoms with Crippen LogP contribution in [-0.4, -0.2) is 18.2 Å². The number of amides is 1. The predicted molar refractivity (Wildman–Crippen MR) is 99.9 cm³/mol. The second kappa shape index (κ2) is 8.78. The first kappa shape index (κ1) is 17.6. The Labute approximate surface area is 143 Å². The van der Waals surface area contributed by atoms with Gasteiger partial charge in [-0.3, -0.25) is 4.79 Å². The van der Waals surface area contributed by atoms with Crippen molar-refractivity contribution in [3.8, 4) is 0 Å². The fraction of sp³-hybridized carbons (Fsp3) is 0.350. The van der Waals surface area contributed by atoms with Crippen molar-refractivity contribution in [2.75, 3.05) is 12.3 Å². The van der Waals surface area contributed by atoms with Crippen molar-refractivity contribution in [2.24, 2.45) is 0 Å². The Hall–Kier alpha value is -1.74. The van der Waals surface area contributed by atoms with Gasteiger partial charge in [-0.1, -0.05) is 66.6 Å². The van der Waals surface area contributed by atoms with Gasteiger partial charge in [0.2, 0.25) is 5.91 Å². The van der Waals surface area contributed by atoms with Crippen LogP contribution in [-0.2, 0) is 10.5 Å². The van der Waals surface area contributed by atoms with E-state index in [1.807, 2.05) is 18.2 Å². The van der Waals surface area contributed by atoms with E-state index >= 15 is 0 Å². The second-order valence-electron chi connectivity index (χ2n) is 6.10. The van der Waals surface area contributed by atoms with Crippen molar-refractivity contribution in [2.45, 2.75) is 32.4 Å². The van der Waals surface area contributed by atoms with Gasteiger partial charge < -0.3 is 5.32 Å². The molecule has 1 atom stereocenters. The topological polar surface area (TPSA) is 29.1 Å². The van der Waals surface area contributed by atoms with Gasteiger partial charge in [0, 0.05) is 12.3 Å². The van der Waals surface area contributed by atoms with Gasteiger partial charge in [0.05, 0.1) is 5.75 Å². The molecular weight excluding hydrogens is 302 g/mol. The van der Waals surface area contributed by atoms with Gasteiger partial charge in [-0.05, 0) is 30.9 Å². The largest absolute Gasteiger partial charge is 0.355 e. The minimum absolute atomic E-state index is 0.113. The Kier molecular flexibility index (Phi) is 6.72. The average molecular weight is 327 g/mol. The van der Waals surface area contributed by atoms with Crippen LogP contribution in [0.25, 0.3) is 0 Å². The molecule has 2 aromatic carbocycles. The zero-order valence-electron chi connectivity index (χ0n) is 14.1. The molecule has 0 aromatic heterocycles. The van der Waals surface area contributed by atoms with Gasteiger partial charge in [-0.2, -0.15) is 0 Å². The third kappa shape index (κ3) is 6.11. The molecule has 1 unspecified atom stereocenters. The maximum absolute atomic E-state index is 12.0. The smallest absolute Gasteiger partial charge is 0.230 e. The number of thioether (sulfide) groups is 1. The summed E-state index contributed by atoms with van der Waals surface area (Å²) in [6, 6.07) is 16.8. The summed E-state index contributed by atoms with van der Waals surface area (Å²) in [7, 11) is 0. The van der Waals surface area contributed by atoms with Crippen LogP contribution in [0.3, 0.4) is 0 Å². The molecule has 0 aliphatic carbocycles. The lowest BCUT2D eigenvalue weighted by Crippen LogP contribution is -2.29. The molecular formula is C20H25NOS. The molecule has 0 saturated carbocycles. The molecule has 0 spiro atoms. The molecule has 1 amide bonds. The molecule has 0 aliphatic heterocycles. The highest BCUT2D eigenvalue weighted by Gasteiger charge is 2.07. The average Bonchev–Trinajstić information content (AvgIpc) is 2.52. The Balaban J connectivity index is 1.71. The van der Waals surface area contributed by atoms with Crippen LogP contribution in [0.4, 0.5) is 0 Å². The maximum Gasteiger partial charge on any atom is 0.230 e. The first-order valence-electron chi connectivity index (χ1n) is 8.01. The first-order valence-corrected chi connectivity index (χ1v) is 9.16. The summed E-state index contributed by atoms with van der Waals surface area (Å²) in [6.45, 7) is 7.04. The summed E-state index contributed by atoms with van der Waals surface area (Å²) in [4.78, 5) is 12.0. The number of nitrogens with one attached hydrogen (secondary N) is 1. The highest BCUT2D eigenvalue weighted by Crippen LogP contribution is 2.16. The van der Waals surface area contributed by atoms with Gasteiger partial charge in [0.1, 0.15) is 0 Å². The monoisotopic (exact) mass is 327 g/mol. The molecule has 2 rings (SSSR count). The van der Waals surface area contributed by atoms with Crippen molar-refractivity contribution >= 4 is 17.7 Å². The number of carbonyl (C=O) groups is 1. The summed E-state index contributed by atoms with van der Waals surface area (Å²) in [5.41, 5.74) is 5.11. The number of rotatable bonds is 7.